The van der Waals surface area contributed by atoms with Gasteiger partial charge in [-0.1, -0.05) is 72.8 Å². The number of hydrogen-bond acceptors (Lipinski definition) is 5. The van der Waals surface area contributed by atoms with E-state index in [1.54, 1.807) is 0 Å². The molecule has 0 aromatic heterocycles. The second kappa shape index (κ2) is 10.2. The second-order valence-corrected chi connectivity index (χ2v) is 7.64. The van der Waals surface area contributed by atoms with Crippen molar-refractivity contribution in [2.45, 2.75) is 32.0 Å². The summed E-state index contributed by atoms with van der Waals surface area (Å²) >= 11 is 0. The van der Waals surface area contributed by atoms with Crippen molar-refractivity contribution in [3.63, 3.8) is 0 Å². The Balaban J connectivity index is 1.93. The molecule has 0 bridgehead atoms. The number of ether oxygens (including phenoxy) is 2. The molecule has 0 aliphatic carbocycles. The van der Waals surface area contributed by atoms with Crippen molar-refractivity contribution in [1.82, 2.24) is 4.90 Å². The third-order valence-electron chi connectivity index (χ3n) is 5.85. The average Bonchev–Trinajstić information content (AvgIpc) is 2.78. The summed E-state index contributed by atoms with van der Waals surface area (Å²) in [5.74, 6) is -2.45. The van der Waals surface area contributed by atoms with Gasteiger partial charge in [0.1, 0.15) is 0 Å². The summed E-state index contributed by atoms with van der Waals surface area (Å²) in [6.45, 7) is 2.78. The zero-order valence-corrected chi connectivity index (χ0v) is 17.7. The van der Waals surface area contributed by atoms with Gasteiger partial charge in [-0.2, -0.15) is 0 Å². The fourth-order valence-electron chi connectivity index (χ4n) is 4.20. The highest BCUT2D eigenvalue weighted by Crippen LogP contribution is 2.32. The number of benzene rings is 2. The van der Waals surface area contributed by atoms with Gasteiger partial charge >= 0.3 is 11.9 Å². The topological polar surface area (TPSA) is 55.8 Å². The van der Waals surface area contributed by atoms with Gasteiger partial charge in [0, 0.05) is 24.5 Å². The Morgan fingerprint density at radius 1 is 0.867 bits per heavy atom. The first-order valence-electron chi connectivity index (χ1n) is 10.2. The molecule has 0 N–H and O–H groups in total. The van der Waals surface area contributed by atoms with Crippen LogP contribution in [0.25, 0.3) is 0 Å². The van der Waals surface area contributed by atoms with Crippen LogP contribution in [0.5, 0.6) is 0 Å². The van der Waals surface area contributed by atoms with Crippen LogP contribution in [0.4, 0.5) is 0 Å². The summed E-state index contributed by atoms with van der Waals surface area (Å²) in [7, 11) is 2.60. The van der Waals surface area contributed by atoms with E-state index in [-0.39, 0.29) is 18.0 Å². The lowest BCUT2D eigenvalue weighted by molar-refractivity contribution is -0.162. The van der Waals surface area contributed by atoms with Gasteiger partial charge in [-0.3, -0.25) is 14.5 Å². The van der Waals surface area contributed by atoms with E-state index in [2.05, 4.69) is 42.2 Å². The number of nitrogens with zero attached hydrogens (tertiary/aromatic N) is 1. The number of rotatable bonds is 7. The first-order valence-corrected chi connectivity index (χ1v) is 10.2. The van der Waals surface area contributed by atoms with Crippen LogP contribution >= 0.6 is 0 Å². The molecule has 5 heteroatoms. The average molecular weight is 408 g/mol. The molecule has 1 aliphatic heterocycles. The molecule has 1 aliphatic rings. The van der Waals surface area contributed by atoms with Crippen LogP contribution in [0, 0.1) is 11.8 Å². The van der Waals surface area contributed by atoms with Crippen LogP contribution in [0.15, 0.2) is 72.8 Å². The Bertz CT molecular complexity index is 849. The fourth-order valence-corrected chi connectivity index (χ4v) is 4.20. The van der Waals surface area contributed by atoms with Crippen molar-refractivity contribution in [3.05, 3.63) is 83.9 Å². The maximum atomic E-state index is 12.4. The van der Waals surface area contributed by atoms with E-state index < -0.39 is 17.9 Å². The van der Waals surface area contributed by atoms with Gasteiger partial charge in [0.2, 0.25) is 0 Å². The van der Waals surface area contributed by atoms with E-state index in [1.165, 1.54) is 25.3 Å². The van der Waals surface area contributed by atoms with Crippen LogP contribution in [-0.2, 0) is 32.0 Å². The SMILES string of the molecule is COC(=O)C(C(=O)OC)[C@H]1C=C[C@@H](Cc2ccccc2)N(Cc2ccccc2)[C@@H]1C. The number of carbonyl (C=O) groups excluding carboxylic acids is 2. The molecule has 5 nitrogen and oxygen atoms in total. The maximum Gasteiger partial charge on any atom is 0.320 e. The minimum atomic E-state index is -0.984. The van der Waals surface area contributed by atoms with Gasteiger partial charge in [-0.05, 0) is 24.5 Å². The Kier molecular flexibility index (Phi) is 7.41. The second-order valence-electron chi connectivity index (χ2n) is 7.64. The van der Waals surface area contributed by atoms with Crippen LogP contribution < -0.4 is 0 Å². The summed E-state index contributed by atoms with van der Waals surface area (Å²) in [4.78, 5) is 27.2. The molecular formula is C25H29NO4. The van der Waals surface area contributed by atoms with Gasteiger partial charge in [0.25, 0.3) is 0 Å². The van der Waals surface area contributed by atoms with E-state index in [1.807, 2.05) is 42.5 Å². The molecule has 3 atom stereocenters. The first kappa shape index (κ1) is 21.8. The number of hydrogen-bond donors (Lipinski definition) is 0. The Morgan fingerprint density at radius 3 is 1.93 bits per heavy atom. The quantitative estimate of drug-likeness (QED) is 0.399. The number of methoxy groups -OCH3 is 2. The van der Waals surface area contributed by atoms with Crippen LogP contribution in [0.1, 0.15) is 18.1 Å². The van der Waals surface area contributed by atoms with Crippen molar-refractivity contribution in [3.8, 4) is 0 Å². The Hall–Kier alpha value is -2.92. The van der Waals surface area contributed by atoms with E-state index in [9.17, 15) is 9.59 Å². The van der Waals surface area contributed by atoms with E-state index in [0.717, 1.165) is 13.0 Å². The van der Waals surface area contributed by atoms with E-state index in [4.69, 9.17) is 9.47 Å². The summed E-state index contributed by atoms with van der Waals surface area (Å²) in [5.41, 5.74) is 2.43. The molecule has 0 radical (unpaired) electrons. The van der Waals surface area contributed by atoms with Crippen LogP contribution in [0.2, 0.25) is 0 Å². The van der Waals surface area contributed by atoms with Gasteiger partial charge in [0.05, 0.1) is 14.2 Å². The molecule has 0 amide bonds. The zero-order valence-electron chi connectivity index (χ0n) is 17.7. The molecule has 2 aromatic carbocycles. The molecule has 1 heterocycles. The molecule has 0 saturated carbocycles. The third-order valence-corrected chi connectivity index (χ3v) is 5.85. The summed E-state index contributed by atoms with van der Waals surface area (Å²) in [5, 5.41) is 0. The number of carbonyl (C=O) groups is 2. The number of esters is 2. The van der Waals surface area contributed by atoms with Crippen molar-refractivity contribution in [2.75, 3.05) is 14.2 Å². The molecule has 30 heavy (non-hydrogen) atoms. The summed E-state index contributed by atoms with van der Waals surface area (Å²) < 4.78 is 9.84. The Morgan fingerprint density at radius 2 is 1.40 bits per heavy atom. The van der Waals surface area contributed by atoms with Crippen LogP contribution in [-0.4, -0.2) is 43.1 Å². The van der Waals surface area contributed by atoms with Gasteiger partial charge < -0.3 is 9.47 Å². The van der Waals surface area contributed by atoms with Gasteiger partial charge in [-0.15, -0.1) is 0 Å². The lowest BCUT2D eigenvalue weighted by Crippen LogP contribution is -2.51. The predicted octanol–water partition coefficient (Wildman–Crippen LogP) is 3.64. The lowest BCUT2D eigenvalue weighted by Gasteiger charge is -2.43. The smallest absolute Gasteiger partial charge is 0.320 e. The molecule has 0 fully saturated rings. The highest BCUT2D eigenvalue weighted by Gasteiger charge is 2.43. The van der Waals surface area contributed by atoms with Gasteiger partial charge in [0.15, 0.2) is 5.92 Å². The first-order chi connectivity index (χ1) is 14.5. The summed E-state index contributed by atoms with van der Waals surface area (Å²) in [6, 6.07) is 20.7. The Labute approximate surface area is 178 Å². The molecule has 3 rings (SSSR count). The molecular weight excluding hydrogens is 378 g/mol. The van der Waals surface area contributed by atoms with E-state index in [0.29, 0.717) is 0 Å². The molecule has 0 unspecified atom stereocenters. The largest absolute Gasteiger partial charge is 0.468 e. The monoisotopic (exact) mass is 407 g/mol. The van der Waals surface area contributed by atoms with Crippen molar-refractivity contribution in [1.29, 1.82) is 0 Å². The zero-order chi connectivity index (χ0) is 21.5. The standard InChI is InChI=1S/C25H29NO4/c1-18-22(23(24(27)29-2)25(28)30-3)15-14-21(16-19-10-6-4-7-11-19)26(18)17-20-12-8-5-9-13-20/h4-15,18,21-23H,16-17H2,1-3H3/t18-,21+,22+/m1/s1. The summed E-state index contributed by atoms with van der Waals surface area (Å²) in [6.07, 6.45) is 4.94. The van der Waals surface area contributed by atoms with Crippen LogP contribution in [0.3, 0.4) is 0 Å². The highest BCUT2D eigenvalue weighted by atomic mass is 16.5. The molecule has 2 aromatic rings. The molecule has 0 spiro atoms. The van der Waals surface area contributed by atoms with Gasteiger partial charge in [-0.25, -0.2) is 0 Å². The van der Waals surface area contributed by atoms with Crippen molar-refractivity contribution < 1.29 is 19.1 Å². The predicted molar refractivity (Wildman–Crippen MR) is 116 cm³/mol. The fraction of sp³-hybridized carbons (Fsp3) is 0.360. The maximum absolute atomic E-state index is 12.4. The van der Waals surface area contributed by atoms with Crippen molar-refractivity contribution in [2.24, 2.45) is 11.8 Å². The molecule has 158 valence electrons. The third kappa shape index (κ3) is 4.97. The molecule has 0 saturated heterocycles. The normalized spacial score (nSPS) is 21.4. The minimum Gasteiger partial charge on any atom is -0.468 e. The lowest BCUT2D eigenvalue weighted by atomic mass is 9.81. The minimum absolute atomic E-state index is 0.0629. The van der Waals surface area contributed by atoms with Crippen molar-refractivity contribution >= 4 is 11.9 Å². The highest BCUT2D eigenvalue weighted by molar-refractivity contribution is 5.95. The van der Waals surface area contributed by atoms with E-state index >= 15 is 0 Å².